The molecule has 0 unspecified atom stereocenters. The summed E-state index contributed by atoms with van der Waals surface area (Å²) in [6.07, 6.45) is 0.725. The van der Waals surface area contributed by atoms with Gasteiger partial charge in [-0.1, -0.05) is 13.0 Å². The van der Waals surface area contributed by atoms with Crippen molar-refractivity contribution in [3.8, 4) is 6.07 Å². The van der Waals surface area contributed by atoms with Crippen molar-refractivity contribution in [2.75, 3.05) is 7.11 Å². The van der Waals surface area contributed by atoms with Crippen molar-refractivity contribution in [2.45, 2.75) is 20.0 Å². The lowest BCUT2D eigenvalue weighted by Crippen LogP contribution is -2.08. The molecule has 4 heteroatoms. The molecule has 4 nitrogen and oxygen atoms in total. The largest absolute Gasteiger partial charge is 0.465 e. The van der Waals surface area contributed by atoms with Crippen LogP contribution < -0.4 is 0 Å². The van der Waals surface area contributed by atoms with E-state index in [2.05, 4.69) is 4.74 Å². The highest BCUT2D eigenvalue weighted by atomic mass is 16.5. The highest BCUT2D eigenvalue weighted by Gasteiger charge is 2.16. The van der Waals surface area contributed by atoms with Crippen molar-refractivity contribution in [1.29, 1.82) is 5.26 Å². The topological polar surface area (TPSA) is 70.3 Å². The molecule has 16 heavy (non-hydrogen) atoms. The van der Waals surface area contributed by atoms with E-state index in [1.165, 1.54) is 7.11 Å². The zero-order chi connectivity index (χ0) is 12.1. The van der Waals surface area contributed by atoms with Crippen LogP contribution in [0.25, 0.3) is 0 Å². The van der Waals surface area contributed by atoms with E-state index in [1.54, 1.807) is 12.1 Å². The Morgan fingerprint density at radius 1 is 1.56 bits per heavy atom. The number of methoxy groups -OCH3 is 1. The number of nitriles is 1. The lowest BCUT2D eigenvalue weighted by atomic mass is 9.97. The third-order valence-corrected chi connectivity index (χ3v) is 2.38. The fraction of sp³-hybridized carbons (Fsp3) is 0.333. The molecule has 0 spiro atoms. The van der Waals surface area contributed by atoms with Crippen LogP contribution in [0, 0.1) is 11.3 Å². The van der Waals surface area contributed by atoms with Crippen molar-refractivity contribution in [3.63, 3.8) is 0 Å². The van der Waals surface area contributed by atoms with Crippen LogP contribution in [0.1, 0.15) is 34.0 Å². The Balaban J connectivity index is 3.44. The summed E-state index contributed by atoms with van der Waals surface area (Å²) >= 11 is 0. The number of carbonyl (C=O) groups excluding carboxylic acids is 1. The normalized spacial score (nSPS) is 9.62. The quantitative estimate of drug-likeness (QED) is 0.780. The maximum atomic E-state index is 11.5. The number of carbonyl (C=O) groups is 1. The zero-order valence-corrected chi connectivity index (χ0v) is 9.28. The SMILES string of the molecule is CCc1cc(CO)c(C#N)c(C(=O)OC)c1. The first-order valence-corrected chi connectivity index (χ1v) is 4.93. The number of ether oxygens (including phenoxy) is 1. The summed E-state index contributed by atoms with van der Waals surface area (Å²) in [6, 6.07) is 5.28. The van der Waals surface area contributed by atoms with E-state index in [4.69, 9.17) is 10.4 Å². The van der Waals surface area contributed by atoms with Crippen LogP contribution in [-0.4, -0.2) is 18.2 Å². The first-order chi connectivity index (χ1) is 7.67. The summed E-state index contributed by atoms with van der Waals surface area (Å²) in [6.45, 7) is 1.67. The van der Waals surface area contributed by atoms with Gasteiger partial charge in [0, 0.05) is 0 Å². The van der Waals surface area contributed by atoms with Crippen molar-refractivity contribution in [2.24, 2.45) is 0 Å². The van der Waals surface area contributed by atoms with Crippen molar-refractivity contribution >= 4 is 5.97 Å². The van der Waals surface area contributed by atoms with Crippen molar-refractivity contribution < 1.29 is 14.6 Å². The van der Waals surface area contributed by atoms with E-state index in [0.717, 1.165) is 12.0 Å². The molecule has 0 aliphatic carbocycles. The van der Waals surface area contributed by atoms with Gasteiger partial charge in [-0.2, -0.15) is 5.26 Å². The van der Waals surface area contributed by atoms with Gasteiger partial charge >= 0.3 is 5.97 Å². The van der Waals surface area contributed by atoms with E-state index in [9.17, 15) is 4.79 Å². The molecule has 1 aromatic rings. The number of aliphatic hydroxyl groups is 1. The van der Waals surface area contributed by atoms with E-state index in [-0.39, 0.29) is 17.7 Å². The molecule has 0 aliphatic rings. The maximum Gasteiger partial charge on any atom is 0.339 e. The van der Waals surface area contributed by atoms with Crippen LogP contribution in [0.2, 0.25) is 0 Å². The monoisotopic (exact) mass is 219 g/mol. The minimum Gasteiger partial charge on any atom is -0.465 e. The molecule has 0 fully saturated rings. The number of hydrogen-bond donors (Lipinski definition) is 1. The number of aryl methyl sites for hydroxylation is 1. The van der Waals surface area contributed by atoms with Gasteiger partial charge in [0.25, 0.3) is 0 Å². The van der Waals surface area contributed by atoms with Gasteiger partial charge in [0.1, 0.15) is 6.07 Å². The van der Waals surface area contributed by atoms with Crippen LogP contribution >= 0.6 is 0 Å². The second-order valence-electron chi connectivity index (χ2n) is 3.29. The van der Waals surface area contributed by atoms with Crippen LogP contribution in [0.5, 0.6) is 0 Å². The van der Waals surface area contributed by atoms with E-state index < -0.39 is 5.97 Å². The zero-order valence-electron chi connectivity index (χ0n) is 9.28. The highest BCUT2D eigenvalue weighted by Crippen LogP contribution is 2.19. The summed E-state index contributed by atoms with van der Waals surface area (Å²) in [4.78, 5) is 11.5. The number of nitrogens with zero attached hydrogens (tertiary/aromatic N) is 1. The molecule has 0 radical (unpaired) electrons. The highest BCUT2D eigenvalue weighted by molar-refractivity contribution is 5.92. The van der Waals surface area contributed by atoms with Gasteiger partial charge in [-0.05, 0) is 23.6 Å². The van der Waals surface area contributed by atoms with Crippen molar-refractivity contribution in [3.05, 3.63) is 34.4 Å². The summed E-state index contributed by atoms with van der Waals surface area (Å²) in [5, 5.41) is 18.1. The molecular weight excluding hydrogens is 206 g/mol. The molecular formula is C12H13NO3. The first kappa shape index (κ1) is 12.2. The average molecular weight is 219 g/mol. The number of esters is 1. The van der Waals surface area contributed by atoms with Gasteiger partial charge in [0.05, 0.1) is 24.8 Å². The number of benzene rings is 1. The molecule has 0 amide bonds. The standard InChI is InChI=1S/C12H13NO3/c1-3-8-4-9(7-14)11(6-13)10(5-8)12(15)16-2/h4-5,14H,3,7H2,1-2H3. The Bertz CT molecular complexity index is 446. The second kappa shape index (κ2) is 5.29. The fourth-order valence-electron chi connectivity index (χ4n) is 1.50. The molecule has 0 saturated heterocycles. The summed E-state index contributed by atoms with van der Waals surface area (Å²) in [5.74, 6) is -0.554. The number of hydrogen-bond acceptors (Lipinski definition) is 4. The molecule has 0 bridgehead atoms. The minimum atomic E-state index is -0.554. The summed E-state index contributed by atoms with van der Waals surface area (Å²) in [7, 11) is 1.26. The van der Waals surface area contributed by atoms with Crippen LogP contribution in [-0.2, 0) is 17.8 Å². The molecule has 0 atom stereocenters. The Kier molecular flexibility index (Phi) is 4.03. The third kappa shape index (κ3) is 2.20. The predicted octanol–water partition coefficient (Wildman–Crippen LogP) is 1.40. The van der Waals surface area contributed by atoms with Gasteiger partial charge < -0.3 is 9.84 Å². The Morgan fingerprint density at radius 2 is 2.25 bits per heavy atom. The summed E-state index contributed by atoms with van der Waals surface area (Å²) in [5.41, 5.74) is 1.76. The van der Waals surface area contributed by atoms with Crippen LogP contribution in [0.4, 0.5) is 0 Å². The molecule has 1 aromatic carbocycles. The smallest absolute Gasteiger partial charge is 0.339 e. The second-order valence-corrected chi connectivity index (χ2v) is 3.29. The van der Waals surface area contributed by atoms with Gasteiger partial charge in [-0.15, -0.1) is 0 Å². The Labute approximate surface area is 94.1 Å². The van der Waals surface area contributed by atoms with Crippen LogP contribution in [0.3, 0.4) is 0 Å². The van der Waals surface area contributed by atoms with Gasteiger partial charge in [0.2, 0.25) is 0 Å². The Morgan fingerprint density at radius 3 is 2.69 bits per heavy atom. The lowest BCUT2D eigenvalue weighted by molar-refractivity contribution is 0.0600. The number of aliphatic hydroxyl groups excluding tert-OH is 1. The van der Waals surface area contributed by atoms with E-state index in [1.807, 2.05) is 13.0 Å². The Hall–Kier alpha value is -1.86. The predicted molar refractivity (Wildman–Crippen MR) is 57.8 cm³/mol. The average Bonchev–Trinajstić information content (AvgIpc) is 2.35. The minimum absolute atomic E-state index is 0.187. The summed E-state index contributed by atoms with van der Waals surface area (Å²) < 4.78 is 4.61. The van der Waals surface area contributed by atoms with E-state index >= 15 is 0 Å². The maximum absolute atomic E-state index is 11.5. The molecule has 0 saturated carbocycles. The van der Waals surface area contributed by atoms with Gasteiger partial charge in [-0.25, -0.2) is 4.79 Å². The third-order valence-electron chi connectivity index (χ3n) is 2.38. The van der Waals surface area contributed by atoms with Gasteiger partial charge in [-0.3, -0.25) is 0 Å². The number of rotatable bonds is 3. The molecule has 0 aliphatic heterocycles. The lowest BCUT2D eigenvalue weighted by Gasteiger charge is -2.09. The van der Waals surface area contributed by atoms with Crippen LogP contribution in [0.15, 0.2) is 12.1 Å². The molecule has 0 aromatic heterocycles. The fourth-order valence-corrected chi connectivity index (χ4v) is 1.50. The molecule has 1 N–H and O–H groups in total. The molecule has 1 rings (SSSR count). The molecule has 84 valence electrons. The van der Waals surface area contributed by atoms with E-state index in [0.29, 0.717) is 5.56 Å². The first-order valence-electron chi connectivity index (χ1n) is 4.93. The molecule has 0 heterocycles. The van der Waals surface area contributed by atoms with Gasteiger partial charge in [0.15, 0.2) is 0 Å². The van der Waals surface area contributed by atoms with Crippen molar-refractivity contribution in [1.82, 2.24) is 0 Å².